The molecule has 1 aliphatic heterocycles. The van der Waals surface area contributed by atoms with Gasteiger partial charge in [0.2, 0.25) is 0 Å². The van der Waals surface area contributed by atoms with E-state index < -0.39 is 0 Å². The monoisotopic (exact) mass is 182 g/mol. The maximum absolute atomic E-state index is 9.29. The van der Waals surface area contributed by atoms with Crippen LogP contribution in [-0.2, 0) is 13.1 Å². The van der Waals surface area contributed by atoms with Gasteiger partial charge in [-0.05, 0) is 13.8 Å². The Balaban J connectivity index is 2.21. The average molecular weight is 182 g/mol. The van der Waals surface area contributed by atoms with Crippen molar-refractivity contribution in [1.29, 1.82) is 0 Å². The molecule has 0 saturated carbocycles. The molecule has 1 N–H and O–H groups in total. The fourth-order valence-corrected chi connectivity index (χ4v) is 1.60. The van der Waals surface area contributed by atoms with Crippen molar-refractivity contribution in [3.05, 3.63) is 5.82 Å². The molecule has 0 saturated heterocycles. The van der Waals surface area contributed by atoms with Crippen molar-refractivity contribution in [2.45, 2.75) is 33.0 Å². The molecular weight excluding hydrogens is 168 g/mol. The molecule has 72 valence electrons. The van der Waals surface area contributed by atoms with Gasteiger partial charge in [-0.1, -0.05) is 5.10 Å². The van der Waals surface area contributed by atoms with Crippen molar-refractivity contribution in [1.82, 2.24) is 19.7 Å². The fourth-order valence-electron chi connectivity index (χ4n) is 1.60. The van der Waals surface area contributed by atoms with Crippen LogP contribution in [0.5, 0.6) is 6.01 Å². The van der Waals surface area contributed by atoms with Gasteiger partial charge in [0.1, 0.15) is 5.82 Å². The molecule has 0 atom stereocenters. The number of rotatable bonds is 1. The molecule has 1 aliphatic rings. The third kappa shape index (κ3) is 1.39. The topological polar surface area (TPSA) is 54.2 Å². The van der Waals surface area contributed by atoms with Crippen molar-refractivity contribution in [3.63, 3.8) is 0 Å². The van der Waals surface area contributed by atoms with Crippen LogP contribution in [0.25, 0.3) is 0 Å². The Labute approximate surface area is 77.0 Å². The third-order valence-corrected chi connectivity index (χ3v) is 2.49. The van der Waals surface area contributed by atoms with Gasteiger partial charge < -0.3 is 5.11 Å². The summed E-state index contributed by atoms with van der Waals surface area (Å²) in [5.41, 5.74) is 0. The number of hydrogen-bond donors (Lipinski definition) is 1. The molecule has 2 heterocycles. The molecule has 1 aromatic heterocycles. The average Bonchev–Trinajstić information content (AvgIpc) is 2.47. The summed E-state index contributed by atoms with van der Waals surface area (Å²) >= 11 is 0. The van der Waals surface area contributed by atoms with Crippen molar-refractivity contribution in [2.24, 2.45) is 0 Å². The summed E-state index contributed by atoms with van der Waals surface area (Å²) in [6.45, 7) is 6.84. The first-order valence-electron chi connectivity index (χ1n) is 4.53. The van der Waals surface area contributed by atoms with E-state index >= 15 is 0 Å². The molecule has 0 aliphatic carbocycles. The molecule has 0 amide bonds. The van der Waals surface area contributed by atoms with Gasteiger partial charge in [0.15, 0.2) is 0 Å². The molecule has 0 radical (unpaired) electrons. The van der Waals surface area contributed by atoms with E-state index in [0.29, 0.717) is 6.04 Å². The molecule has 5 nitrogen and oxygen atoms in total. The number of aromatic nitrogens is 3. The zero-order chi connectivity index (χ0) is 9.42. The maximum Gasteiger partial charge on any atom is 0.314 e. The minimum absolute atomic E-state index is 0.0402. The highest BCUT2D eigenvalue weighted by atomic mass is 16.3. The largest absolute Gasteiger partial charge is 0.479 e. The number of aromatic hydroxyl groups is 1. The Hall–Kier alpha value is -1.10. The van der Waals surface area contributed by atoms with Crippen LogP contribution in [0.2, 0.25) is 0 Å². The maximum atomic E-state index is 9.29. The van der Waals surface area contributed by atoms with Gasteiger partial charge in [-0.3, -0.25) is 9.47 Å². The van der Waals surface area contributed by atoms with Crippen molar-refractivity contribution >= 4 is 0 Å². The summed E-state index contributed by atoms with van der Waals surface area (Å²) in [7, 11) is 0. The van der Waals surface area contributed by atoms with E-state index in [1.807, 2.05) is 0 Å². The number of nitrogens with zero attached hydrogens (tertiary/aromatic N) is 4. The van der Waals surface area contributed by atoms with Gasteiger partial charge in [-0.2, -0.15) is 0 Å². The predicted molar refractivity (Wildman–Crippen MR) is 47.2 cm³/mol. The van der Waals surface area contributed by atoms with Crippen LogP contribution >= 0.6 is 0 Å². The lowest BCUT2D eigenvalue weighted by atomic mass is 10.2. The summed E-state index contributed by atoms with van der Waals surface area (Å²) in [6, 6.07) is 0.561. The lowest BCUT2D eigenvalue weighted by Gasteiger charge is -2.30. The molecule has 1 aromatic rings. The Bertz CT molecular complexity index is 307. The van der Waals surface area contributed by atoms with Gasteiger partial charge in [0, 0.05) is 19.1 Å². The lowest BCUT2D eigenvalue weighted by molar-refractivity contribution is 0.168. The standard InChI is InChI=1S/C8H14N4O/c1-6(2)11-3-4-12-7(5-11)9-10-8(12)13/h6H,3-5H2,1-2H3,(H,10,13). The Kier molecular flexibility index (Phi) is 1.95. The minimum Gasteiger partial charge on any atom is -0.479 e. The van der Waals surface area contributed by atoms with Crippen LogP contribution in [-0.4, -0.2) is 37.4 Å². The van der Waals surface area contributed by atoms with Gasteiger partial charge in [-0.25, -0.2) is 0 Å². The second kappa shape index (κ2) is 2.99. The van der Waals surface area contributed by atoms with Crippen LogP contribution in [0.1, 0.15) is 19.7 Å². The highest BCUT2D eigenvalue weighted by Crippen LogP contribution is 2.16. The van der Waals surface area contributed by atoms with E-state index in [4.69, 9.17) is 0 Å². The van der Waals surface area contributed by atoms with Crippen LogP contribution in [0.15, 0.2) is 0 Å². The quantitative estimate of drug-likeness (QED) is 0.674. The van der Waals surface area contributed by atoms with Crippen LogP contribution in [0, 0.1) is 0 Å². The zero-order valence-corrected chi connectivity index (χ0v) is 7.93. The summed E-state index contributed by atoms with van der Waals surface area (Å²) in [5.74, 6) is 0.859. The van der Waals surface area contributed by atoms with Crippen LogP contribution < -0.4 is 0 Å². The molecule has 2 rings (SSSR count). The first-order valence-corrected chi connectivity index (χ1v) is 4.53. The van der Waals surface area contributed by atoms with Crippen molar-refractivity contribution < 1.29 is 5.11 Å². The second-order valence-electron chi connectivity index (χ2n) is 3.63. The molecule has 0 bridgehead atoms. The summed E-state index contributed by atoms with van der Waals surface area (Å²) < 4.78 is 1.76. The predicted octanol–water partition coefficient (Wildman–Crippen LogP) is 0.208. The minimum atomic E-state index is 0.0402. The van der Waals surface area contributed by atoms with E-state index in [1.165, 1.54) is 0 Å². The van der Waals surface area contributed by atoms with E-state index in [1.54, 1.807) is 4.57 Å². The Morgan fingerprint density at radius 1 is 1.31 bits per heavy atom. The van der Waals surface area contributed by atoms with E-state index in [2.05, 4.69) is 28.9 Å². The smallest absolute Gasteiger partial charge is 0.314 e. The van der Waals surface area contributed by atoms with Gasteiger partial charge in [0.05, 0.1) is 6.54 Å². The molecule has 0 spiro atoms. The summed E-state index contributed by atoms with van der Waals surface area (Å²) in [5, 5.41) is 16.8. The number of hydrogen-bond acceptors (Lipinski definition) is 4. The fraction of sp³-hybridized carbons (Fsp3) is 0.750. The summed E-state index contributed by atoms with van der Waals surface area (Å²) in [4.78, 5) is 2.31. The second-order valence-corrected chi connectivity index (χ2v) is 3.63. The molecular formula is C8H14N4O. The molecule has 0 aromatic carbocycles. The highest BCUT2D eigenvalue weighted by molar-refractivity contribution is 5.01. The van der Waals surface area contributed by atoms with Gasteiger partial charge in [0.25, 0.3) is 0 Å². The van der Waals surface area contributed by atoms with Gasteiger partial charge in [-0.15, -0.1) is 5.10 Å². The van der Waals surface area contributed by atoms with Crippen LogP contribution in [0.4, 0.5) is 0 Å². The molecule has 5 heteroatoms. The Morgan fingerprint density at radius 2 is 2.08 bits per heavy atom. The summed E-state index contributed by atoms with van der Waals surface area (Å²) in [6.07, 6.45) is 0. The number of fused-ring (bicyclic) bond motifs is 1. The highest BCUT2D eigenvalue weighted by Gasteiger charge is 2.21. The van der Waals surface area contributed by atoms with Crippen molar-refractivity contribution in [2.75, 3.05) is 6.54 Å². The Morgan fingerprint density at radius 3 is 2.77 bits per heavy atom. The molecule has 0 fully saturated rings. The molecule has 13 heavy (non-hydrogen) atoms. The molecule has 0 unspecified atom stereocenters. The van der Waals surface area contributed by atoms with E-state index in [9.17, 15) is 5.11 Å². The van der Waals surface area contributed by atoms with Crippen molar-refractivity contribution in [3.8, 4) is 6.01 Å². The van der Waals surface area contributed by atoms with Crippen LogP contribution in [0.3, 0.4) is 0 Å². The van der Waals surface area contributed by atoms with Gasteiger partial charge >= 0.3 is 6.01 Å². The first kappa shape index (κ1) is 8.50. The van der Waals surface area contributed by atoms with E-state index in [0.717, 1.165) is 25.5 Å². The van der Waals surface area contributed by atoms with E-state index in [-0.39, 0.29) is 6.01 Å². The SMILES string of the molecule is CC(C)N1CCn2c(O)nnc2C1. The zero-order valence-electron chi connectivity index (χ0n) is 7.93. The normalized spacial score (nSPS) is 17.8. The first-order chi connectivity index (χ1) is 6.18. The lowest BCUT2D eigenvalue weighted by Crippen LogP contribution is -2.38. The third-order valence-electron chi connectivity index (χ3n) is 2.49.